The Kier molecular flexibility index (Phi) is 4.26. The van der Waals surface area contributed by atoms with E-state index in [4.69, 9.17) is 0 Å². The number of likely N-dealkylation sites (N-methyl/N-ethyl adjacent to an activating group) is 1. The van der Waals surface area contributed by atoms with E-state index in [1.807, 2.05) is 0 Å². The topological polar surface area (TPSA) is 49.3 Å². The largest absolute Gasteiger partial charge is 0.480 e. The van der Waals surface area contributed by atoms with Crippen LogP contribution in [-0.2, 0) is 4.79 Å². The minimum atomic E-state index is -0.677. The molecule has 0 aliphatic heterocycles. The molecule has 0 aromatic rings. The number of carbonyl (C=O) groups is 1. The number of hydrogen-bond donors (Lipinski definition) is 2. The average molecular weight is 217 g/mol. The van der Waals surface area contributed by atoms with Crippen LogP contribution in [0, 0.1) is 5.92 Å². The quantitative estimate of drug-likeness (QED) is 0.734. The fourth-order valence-corrected chi connectivity index (χ4v) is 2.97. The van der Waals surface area contributed by atoms with Crippen molar-refractivity contribution in [1.29, 1.82) is 0 Å². The Hall–Kier alpha value is -0.220. The normalized spacial score (nSPS) is 32.0. The van der Waals surface area contributed by atoms with Gasteiger partial charge in [-0.1, -0.05) is 6.42 Å². The van der Waals surface area contributed by atoms with Crippen molar-refractivity contribution in [3.63, 3.8) is 0 Å². The summed E-state index contributed by atoms with van der Waals surface area (Å²) < 4.78 is 0. The van der Waals surface area contributed by atoms with Crippen molar-refractivity contribution in [2.24, 2.45) is 5.92 Å². The second-order valence-corrected chi connectivity index (χ2v) is 4.88. The smallest absolute Gasteiger partial charge is 0.324 e. The van der Waals surface area contributed by atoms with Gasteiger partial charge in [-0.3, -0.25) is 4.79 Å². The van der Waals surface area contributed by atoms with Crippen molar-refractivity contribution in [3.8, 4) is 0 Å². The fraction of sp³-hybridized carbons (Fsp3) is 0.900. The Morgan fingerprint density at radius 3 is 2.93 bits per heavy atom. The first-order valence-corrected chi connectivity index (χ1v) is 6.48. The van der Waals surface area contributed by atoms with Crippen molar-refractivity contribution in [2.75, 3.05) is 19.1 Å². The van der Waals surface area contributed by atoms with Gasteiger partial charge in [0.2, 0.25) is 0 Å². The molecule has 1 fully saturated rings. The van der Waals surface area contributed by atoms with Gasteiger partial charge in [0, 0.05) is 0 Å². The third-order valence-corrected chi connectivity index (χ3v) is 3.96. The van der Waals surface area contributed by atoms with Crippen LogP contribution in [-0.4, -0.2) is 35.7 Å². The Morgan fingerprint density at radius 2 is 2.43 bits per heavy atom. The number of hydrogen-bond acceptors (Lipinski definition) is 3. The van der Waals surface area contributed by atoms with E-state index in [9.17, 15) is 9.90 Å². The lowest BCUT2D eigenvalue weighted by atomic mass is 9.85. The highest BCUT2D eigenvalue weighted by molar-refractivity contribution is 7.98. The first kappa shape index (κ1) is 11.9. The molecule has 3 nitrogen and oxygen atoms in total. The molecule has 0 heterocycles. The highest BCUT2D eigenvalue weighted by Gasteiger charge is 2.47. The molecule has 2 N–H and O–H groups in total. The molecule has 82 valence electrons. The van der Waals surface area contributed by atoms with Crippen LogP contribution in [0.15, 0.2) is 0 Å². The molecular formula is C10H19NO2S. The maximum absolute atomic E-state index is 11.3. The van der Waals surface area contributed by atoms with E-state index in [-0.39, 0.29) is 0 Å². The van der Waals surface area contributed by atoms with Crippen molar-refractivity contribution in [2.45, 2.75) is 31.2 Å². The van der Waals surface area contributed by atoms with Gasteiger partial charge >= 0.3 is 5.97 Å². The van der Waals surface area contributed by atoms with Crippen LogP contribution in [0.2, 0.25) is 0 Å². The first-order chi connectivity index (χ1) is 6.67. The van der Waals surface area contributed by atoms with E-state index < -0.39 is 11.5 Å². The predicted octanol–water partition coefficient (Wildman–Crippen LogP) is 1.58. The summed E-state index contributed by atoms with van der Waals surface area (Å²) in [5, 5.41) is 12.3. The van der Waals surface area contributed by atoms with Gasteiger partial charge in [0.05, 0.1) is 0 Å². The molecule has 4 heteroatoms. The van der Waals surface area contributed by atoms with Crippen LogP contribution in [0.1, 0.15) is 25.7 Å². The standard InChI is InChI=1S/C10H19NO2S/c1-11-10(9(12)13)6-3-4-8(10)5-7-14-2/h8,11H,3-7H2,1-2H3,(H,12,13). The number of thioether (sulfide) groups is 1. The maximum atomic E-state index is 11.3. The molecule has 0 radical (unpaired) electrons. The zero-order valence-corrected chi connectivity index (χ0v) is 9.69. The Bertz CT molecular complexity index is 210. The second-order valence-electron chi connectivity index (χ2n) is 3.90. The van der Waals surface area contributed by atoms with Gasteiger partial charge in [-0.15, -0.1) is 0 Å². The second kappa shape index (κ2) is 5.03. The third kappa shape index (κ3) is 2.06. The van der Waals surface area contributed by atoms with Crippen LogP contribution in [0.3, 0.4) is 0 Å². The summed E-state index contributed by atoms with van der Waals surface area (Å²) in [6.07, 6.45) is 5.93. The number of carboxylic acid groups (broad SMARTS) is 1. The van der Waals surface area contributed by atoms with E-state index in [1.54, 1.807) is 18.8 Å². The molecule has 1 aliphatic rings. The first-order valence-electron chi connectivity index (χ1n) is 5.08. The lowest BCUT2D eigenvalue weighted by Crippen LogP contribution is -2.53. The molecule has 0 aromatic heterocycles. The summed E-state index contributed by atoms with van der Waals surface area (Å²) >= 11 is 1.79. The highest BCUT2D eigenvalue weighted by atomic mass is 32.2. The van der Waals surface area contributed by atoms with Gasteiger partial charge in [-0.2, -0.15) is 11.8 Å². The van der Waals surface area contributed by atoms with Crippen LogP contribution in [0.25, 0.3) is 0 Å². The molecule has 1 rings (SSSR count). The summed E-state index contributed by atoms with van der Waals surface area (Å²) in [6.45, 7) is 0. The van der Waals surface area contributed by atoms with E-state index in [0.717, 1.165) is 31.4 Å². The molecular weight excluding hydrogens is 198 g/mol. The summed E-state index contributed by atoms with van der Waals surface area (Å²) in [5.41, 5.74) is -0.643. The zero-order valence-electron chi connectivity index (χ0n) is 8.88. The summed E-state index contributed by atoms with van der Waals surface area (Å²) in [6, 6.07) is 0. The van der Waals surface area contributed by atoms with E-state index in [2.05, 4.69) is 11.6 Å². The predicted molar refractivity (Wildman–Crippen MR) is 59.8 cm³/mol. The van der Waals surface area contributed by atoms with E-state index in [1.165, 1.54) is 0 Å². The summed E-state index contributed by atoms with van der Waals surface area (Å²) in [5.74, 6) is 0.683. The van der Waals surface area contributed by atoms with Crippen molar-refractivity contribution >= 4 is 17.7 Å². The molecule has 2 atom stereocenters. The fourth-order valence-electron chi connectivity index (χ4n) is 2.45. The molecule has 0 saturated heterocycles. The monoisotopic (exact) mass is 217 g/mol. The number of aliphatic carboxylic acids is 1. The molecule has 0 spiro atoms. The lowest BCUT2D eigenvalue weighted by molar-refractivity contribution is -0.146. The zero-order chi connectivity index (χ0) is 10.6. The SMILES string of the molecule is CNC1(C(=O)O)CCCC1CCSC. The molecule has 0 amide bonds. The van der Waals surface area contributed by atoms with Crippen molar-refractivity contribution < 1.29 is 9.90 Å². The van der Waals surface area contributed by atoms with Crippen molar-refractivity contribution in [1.82, 2.24) is 5.32 Å². The minimum absolute atomic E-state index is 0.303. The Morgan fingerprint density at radius 1 is 1.71 bits per heavy atom. The van der Waals surface area contributed by atoms with Gasteiger partial charge in [0.1, 0.15) is 5.54 Å². The number of carboxylic acids is 1. The molecule has 14 heavy (non-hydrogen) atoms. The Balaban J connectivity index is 2.67. The van der Waals surface area contributed by atoms with Gasteiger partial charge < -0.3 is 10.4 Å². The summed E-state index contributed by atoms with van der Waals surface area (Å²) in [4.78, 5) is 11.3. The molecule has 2 unspecified atom stereocenters. The molecule has 0 bridgehead atoms. The summed E-state index contributed by atoms with van der Waals surface area (Å²) in [7, 11) is 1.77. The third-order valence-electron chi connectivity index (χ3n) is 3.32. The lowest BCUT2D eigenvalue weighted by Gasteiger charge is -2.30. The molecule has 0 aromatic carbocycles. The van der Waals surface area contributed by atoms with Gasteiger partial charge in [-0.05, 0) is 44.2 Å². The Labute approximate surface area is 89.6 Å². The van der Waals surface area contributed by atoms with Crippen molar-refractivity contribution in [3.05, 3.63) is 0 Å². The van der Waals surface area contributed by atoms with Gasteiger partial charge in [-0.25, -0.2) is 0 Å². The van der Waals surface area contributed by atoms with Gasteiger partial charge in [0.25, 0.3) is 0 Å². The van der Waals surface area contributed by atoms with Gasteiger partial charge in [0.15, 0.2) is 0 Å². The van der Waals surface area contributed by atoms with Crippen LogP contribution < -0.4 is 5.32 Å². The molecule has 1 aliphatic carbocycles. The molecule has 1 saturated carbocycles. The van der Waals surface area contributed by atoms with E-state index >= 15 is 0 Å². The number of rotatable bonds is 5. The number of nitrogens with one attached hydrogen (secondary N) is 1. The average Bonchev–Trinajstić information content (AvgIpc) is 2.58. The highest BCUT2D eigenvalue weighted by Crippen LogP contribution is 2.38. The van der Waals surface area contributed by atoms with Crippen LogP contribution in [0.4, 0.5) is 0 Å². The minimum Gasteiger partial charge on any atom is -0.480 e. The van der Waals surface area contributed by atoms with E-state index in [0.29, 0.717) is 5.92 Å². The maximum Gasteiger partial charge on any atom is 0.324 e. The van der Waals surface area contributed by atoms with Crippen LogP contribution in [0.5, 0.6) is 0 Å². The van der Waals surface area contributed by atoms with Crippen LogP contribution >= 0.6 is 11.8 Å².